The number of rotatable bonds is 4. The Morgan fingerprint density at radius 3 is 2.65 bits per heavy atom. The second-order valence-corrected chi connectivity index (χ2v) is 4.74. The molecule has 0 atom stereocenters. The average Bonchev–Trinajstić information content (AvgIpc) is 2.47. The van der Waals surface area contributed by atoms with Crippen LogP contribution in [-0.4, -0.2) is 22.9 Å². The normalized spacial score (nSPS) is 10.4. The van der Waals surface area contributed by atoms with E-state index in [4.69, 9.17) is 0 Å². The summed E-state index contributed by atoms with van der Waals surface area (Å²) in [7, 11) is 1.74. The van der Waals surface area contributed by atoms with Crippen molar-refractivity contribution in [2.24, 2.45) is 0 Å². The molecule has 1 amide bonds. The minimum atomic E-state index is -0.261. The van der Waals surface area contributed by atoms with Crippen molar-refractivity contribution in [2.45, 2.75) is 19.8 Å². The van der Waals surface area contributed by atoms with Gasteiger partial charge < -0.3 is 10.6 Å². The second-order valence-electron chi connectivity index (χ2n) is 4.74. The monoisotopic (exact) mass is 270 g/mol. The number of para-hydroxylation sites is 1. The van der Waals surface area contributed by atoms with Gasteiger partial charge in [-0.15, -0.1) is 0 Å². The van der Waals surface area contributed by atoms with Gasteiger partial charge in [0.05, 0.1) is 12.4 Å². The number of carbonyl (C=O) groups is 1. The van der Waals surface area contributed by atoms with Crippen LogP contribution < -0.4 is 10.6 Å². The summed E-state index contributed by atoms with van der Waals surface area (Å²) < 4.78 is 0. The van der Waals surface area contributed by atoms with E-state index in [1.807, 2.05) is 24.3 Å². The first-order valence-corrected chi connectivity index (χ1v) is 6.52. The van der Waals surface area contributed by atoms with Gasteiger partial charge in [-0.3, -0.25) is 9.78 Å². The zero-order valence-corrected chi connectivity index (χ0v) is 11.8. The summed E-state index contributed by atoms with van der Waals surface area (Å²) in [4.78, 5) is 20.4. The van der Waals surface area contributed by atoms with Gasteiger partial charge in [0.25, 0.3) is 5.91 Å². The molecule has 20 heavy (non-hydrogen) atoms. The van der Waals surface area contributed by atoms with Crippen LogP contribution in [0.1, 0.15) is 35.8 Å². The molecule has 1 heterocycles. The molecule has 0 aliphatic heterocycles. The molecule has 0 bridgehead atoms. The highest BCUT2D eigenvalue weighted by Gasteiger charge is 2.12. The zero-order chi connectivity index (χ0) is 14.5. The van der Waals surface area contributed by atoms with E-state index in [1.165, 1.54) is 6.20 Å². The highest BCUT2D eigenvalue weighted by molar-refractivity contribution is 6.03. The molecular weight excluding hydrogens is 252 g/mol. The van der Waals surface area contributed by atoms with Crippen molar-refractivity contribution >= 4 is 17.4 Å². The molecule has 2 rings (SSSR count). The maximum atomic E-state index is 12.2. The predicted molar refractivity (Wildman–Crippen MR) is 80.1 cm³/mol. The van der Waals surface area contributed by atoms with Gasteiger partial charge in [-0.25, -0.2) is 4.98 Å². The van der Waals surface area contributed by atoms with Gasteiger partial charge in [0.2, 0.25) is 0 Å². The van der Waals surface area contributed by atoms with E-state index in [2.05, 4.69) is 34.4 Å². The van der Waals surface area contributed by atoms with Crippen LogP contribution in [0.2, 0.25) is 0 Å². The quantitative estimate of drug-likeness (QED) is 0.896. The number of amides is 1. The van der Waals surface area contributed by atoms with Crippen LogP contribution in [0, 0.1) is 0 Å². The van der Waals surface area contributed by atoms with Crippen molar-refractivity contribution < 1.29 is 4.79 Å². The summed E-state index contributed by atoms with van der Waals surface area (Å²) in [5.74, 6) is 0.638. The molecule has 104 valence electrons. The molecule has 0 unspecified atom stereocenters. The minimum absolute atomic E-state index is 0.261. The number of hydrogen-bond acceptors (Lipinski definition) is 4. The number of nitrogens with one attached hydrogen (secondary N) is 2. The van der Waals surface area contributed by atoms with Crippen molar-refractivity contribution in [3.63, 3.8) is 0 Å². The molecule has 0 fully saturated rings. The third-order valence-corrected chi connectivity index (χ3v) is 2.95. The molecular formula is C15H18N4O. The summed E-state index contributed by atoms with van der Waals surface area (Å²) in [5.41, 5.74) is 2.19. The standard InChI is InChI=1S/C15H18N4O/c1-10(2)11-6-4-5-7-12(11)19-15(20)13-8-17-9-14(16-3)18-13/h4-10H,1-3H3,(H,16,18)(H,19,20). The largest absolute Gasteiger partial charge is 0.372 e. The Balaban J connectivity index is 2.23. The smallest absolute Gasteiger partial charge is 0.275 e. The molecule has 1 aromatic heterocycles. The Kier molecular flexibility index (Phi) is 4.30. The summed E-state index contributed by atoms with van der Waals surface area (Å²) in [6, 6.07) is 7.77. The Bertz CT molecular complexity index is 610. The van der Waals surface area contributed by atoms with Crippen molar-refractivity contribution in [3.05, 3.63) is 47.9 Å². The molecule has 0 aliphatic rings. The average molecular weight is 270 g/mol. The maximum absolute atomic E-state index is 12.2. The molecule has 5 nitrogen and oxygen atoms in total. The first-order valence-electron chi connectivity index (χ1n) is 6.52. The van der Waals surface area contributed by atoms with Crippen LogP contribution in [0.25, 0.3) is 0 Å². The fourth-order valence-electron chi connectivity index (χ4n) is 1.90. The Hall–Kier alpha value is -2.43. The van der Waals surface area contributed by atoms with Gasteiger partial charge in [0.1, 0.15) is 11.5 Å². The topological polar surface area (TPSA) is 66.9 Å². The predicted octanol–water partition coefficient (Wildman–Crippen LogP) is 2.89. The minimum Gasteiger partial charge on any atom is -0.372 e. The van der Waals surface area contributed by atoms with Crippen molar-refractivity contribution in [2.75, 3.05) is 17.7 Å². The van der Waals surface area contributed by atoms with E-state index < -0.39 is 0 Å². The molecule has 0 radical (unpaired) electrons. The molecule has 2 aromatic rings. The lowest BCUT2D eigenvalue weighted by Crippen LogP contribution is -2.16. The fraction of sp³-hybridized carbons (Fsp3) is 0.267. The van der Waals surface area contributed by atoms with E-state index in [9.17, 15) is 4.79 Å². The van der Waals surface area contributed by atoms with E-state index in [0.717, 1.165) is 11.3 Å². The first-order chi connectivity index (χ1) is 9.61. The number of carbonyl (C=O) groups excluding carboxylic acids is 1. The molecule has 0 saturated carbocycles. The van der Waals surface area contributed by atoms with Gasteiger partial charge in [0, 0.05) is 12.7 Å². The van der Waals surface area contributed by atoms with Crippen LogP contribution in [0.5, 0.6) is 0 Å². The SMILES string of the molecule is CNc1cncc(C(=O)Nc2ccccc2C(C)C)n1. The van der Waals surface area contributed by atoms with Gasteiger partial charge >= 0.3 is 0 Å². The van der Waals surface area contributed by atoms with Crippen LogP contribution in [-0.2, 0) is 0 Å². The Morgan fingerprint density at radius 1 is 1.20 bits per heavy atom. The Labute approximate surface area is 118 Å². The number of anilines is 2. The highest BCUT2D eigenvalue weighted by atomic mass is 16.1. The van der Waals surface area contributed by atoms with E-state index in [0.29, 0.717) is 11.7 Å². The third-order valence-electron chi connectivity index (χ3n) is 2.95. The molecule has 2 N–H and O–H groups in total. The van der Waals surface area contributed by atoms with E-state index >= 15 is 0 Å². The molecule has 1 aromatic carbocycles. The first kappa shape index (κ1) is 14.0. The summed E-state index contributed by atoms with van der Waals surface area (Å²) >= 11 is 0. The van der Waals surface area contributed by atoms with Gasteiger partial charge in [-0.2, -0.15) is 0 Å². The van der Waals surface area contributed by atoms with Gasteiger partial charge in [-0.05, 0) is 17.5 Å². The van der Waals surface area contributed by atoms with Crippen LogP contribution in [0.4, 0.5) is 11.5 Å². The summed E-state index contributed by atoms with van der Waals surface area (Å²) in [5, 5.41) is 5.75. The Morgan fingerprint density at radius 2 is 1.95 bits per heavy atom. The third kappa shape index (κ3) is 3.12. The van der Waals surface area contributed by atoms with Crippen LogP contribution >= 0.6 is 0 Å². The number of nitrogens with zero attached hydrogens (tertiary/aromatic N) is 2. The lowest BCUT2D eigenvalue weighted by Gasteiger charge is -2.13. The van der Waals surface area contributed by atoms with Gasteiger partial charge in [0.15, 0.2) is 0 Å². The van der Waals surface area contributed by atoms with E-state index in [1.54, 1.807) is 13.2 Å². The zero-order valence-electron chi connectivity index (χ0n) is 11.8. The number of hydrogen-bond donors (Lipinski definition) is 2. The number of aromatic nitrogens is 2. The highest BCUT2D eigenvalue weighted by Crippen LogP contribution is 2.24. The molecule has 0 aliphatic carbocycles. The second kappa shape index (κ2) is 6.14. The van der Waals surface area contributed by atoms with E-state index in [-0.39, 0.29) is 11.6 Å². The summed E-state index contributed by atoms with van der Waals surface area (Å²) in [6.07, 6.45) is 3.02. The van der Waals surface area contributed by atoms with Crippen molar-refractivity contribution in [3.8, 4) is 0 Å². The fourth-order valence-corrected chi connectivity index (χ4v) is 1.90. The van der Waals surface area contributed by atoms with Crippen molar-refractivity contribution in [1.82, 2.24) is 9.97 Å². The van der Waals surface area contributed by atoms with Crippen LogP contribution in [0.15, 0.2) is 36.7 Å². The summed E-state index contributed by atoms with van der Waals surface area (Å²) in [6.45, 7) is 4.18. The molecule has 0 saturated heterocycles. The number of benzene rings is 1. The molecule has 5 heteroatoms. The lowest BCUT2D eigenvalue weighted by atomic mass is 10.0. The molecule has 0 spiro atoms. The van der Waals surface area contributed by atoms with Crippen LogP contribution in [0.3, 0.4) is 0 Å². The van der Waals surface area contributed by atoms with Crippen molar-refractivity contribution in [1.29, 1.82) is 0 Å². The van der Waals surface area contributed by atoms with Gasteiger partial charge in [-0.1, -0.05) is 32.0 Å². The maximum Gasteiger partial charge on any atom is 0.275 e. The lowest BCUT2D eigenvalue weighted by molar-refractivity contribution is 0.102.